The standard InChI is InChI=1S/C18H22FNO3/c1-2-22-18(21)15(12-14-8-10-16(19)11-9-14)13-23-20-17-6-4-3-5-7-17/h8-12H,2-7,13H2,1H3/b15-12+. The molecule has 0 aliphatic heterocycles. The van der Waals surface area contributed by atoms with E-state index in [4.69, 9.17) is 9.57 Å². The summed E-state index contributed by atoms with van der Waals surface area (Å²) < 4.78 is 18.0. The number of esters is 1. The summed E-state index contributed by atoms with van der Waals surface area (Å²) in [6, 6.07) is 5.89. The van der Waals surface area contributed by atoms with Crippen LogP contribution in [0.1, 0.15) is 44.6 Å². The summed E-state index contributed by atoms with van der Waals surface area (Å²) in [6.45, 7) is 2.07. The van der Waals surface area contributed by atoms with E-state index < -0.39 is 5.97 Å². The van der Waals surface area contributed by atoms with Crippen molar-refractivity contribution in [2.75, 3.05) is 13.2 Å². The largest absolute Gasteiger partial charge is 0.463 e. The van der Waals surface area contributed by atoms with Crippen LogP contribution in [0.3, 0.4) is 0 Å². The number of carbonyl (C=O) groups excluding carboxylic acids is 1. The first kappa shape index (κ1) is 17.2. The van der Waals surface area contributed by atoms with Gasteiger partial charge in [-0.2, -0.15) is 0 Å². The Morgan fingerprint density at radius 3 is 2.57 bits per heavy atom. The van der Waals surface area contributed by atoms with Gasteiger partial charge >= 0.3 is 5.97 Å². The molecule has 0 heterocycles. The van der Waals surface area contributed by atoms with Crippen LogP contribution in [-0.2, 0) is 14.4 Å². The molecular formula is C18H22FNO3. The van der Waals surface area contributed by atoms with E-state index >= 15 is 0 Å². The van der Waals surface area contributed by atoms with Crippen molar-refractivity contribution in [3.63, 3.8) is 0 Å². The Morgan fingerprint density at radius 1 is 1.22 bits per heavy atom. The van der Waals surface area contributed by atoms with Crippen LogP contribution in [0.5, 0.6) is 0 Å². The van der Waals surface area contributed by atoms with Crippen LogP contribution < -0.4 is 0 Å². The Balaban J connectivity index is 2.04. The lowest BCUT2D eigenvalue weighted by atomic mass is 9.99. The van der Waals surface area contributed by atoms with E-state index in [0.29, 0.717) is 11.1 Å². The monoisotopic (exact) mass is 319 g/mol. The molecule has 0 N–H and O–H groups in total. The molecule has 1 fully saturated rings. The lowest BCUT2D eigenvalue weighted by Gasteiger charge is -2.12. The normalized spacial score (nSPS) is 15.2. The molecule has 0 unspecified atom stereocenters. The van der Waals surface area contributed by atoms with Crippen molar-refractivity contribution in [1.29, 1.82) is 0 Å². The van der Waals surface area contributed by atoms with Gasteiger partial charge in [0.1, 0.15) is 12.4 Å². The van der Waals surface area contributed by atoms with E-state index in [2.05, 4.69) is 5.16 Å². The fraction of sp³-hybridized carbons (Fsp3) is 0.444. The molecule has 23 heavy (non-hydrogen) atoms. The number of halogens is 1. The van der Waals surface area contributed by atoms with Crippen molar-refractivity contribution in [2.45, 2.75) is 39.0 Å². The topological polar surface area (TPSA) is 47.9 Å². The van der Waals surface area contributed by atoms with Gasteiger partial charge in [0.25, 0.3) is 0 Å². The Kier molecular flexibility index (Phi) is 6.78. The minimum atomic E-state index is -0.444. The quantitative estimate of drug-likeness (QED) is 0.450. The summed E-state index contributed by atoms with van der Waals surface area (Å²) in [6.07, 6.45) is 7.06. The Bertz CT molecular complexity index is 570. The Labute approximate surface area is 136 Å². The van der Waals surface area contributed by atoms with Gasteiger partial charge in [-0.15, -0.1) is 0 Å². The zero-order chi connectivity index (χ0) is 16.5. The van der Waals surface area contributed by atoms with Crippen molar-refractivity contribution < 1.29 is 18.8 Å². The van der Waals surface area contributed by atoms with Crippen LogP contribution in [0, 0.1) is 5.82 Å². The predicted molar refractivity (Wildman–Crippen MR) is 87.5 cm³/mol. The van der Waals surface area contributed by atoms with Crippen LogP contribution in [0.25, 0.3) is 6.08 Å². The second-order valence-electron chi connectivity index (χ2n) is 5.43. The van der Waals surface area contributed by atoms with Crippen LogP contribution in [0.2, 0.25) is 0 Å². The van der Waals surface area contributed by atoms with Crippen molar-refractivity contribution in [2.24, 2.45) is 5.16 Å². The maximum absolute atomic E-state index is 13.0. The Morgan fingerprint density at radius 2 is 1.91 bits per heavy atom. The van der Waals surface area contributed by atoms with Crippen molar-refractivity contribution >= 4 is 17.8 Å². The number of oxime groups is 1. The highest BCUT2D eigenvalue weighted by atomic mass is 19.1. The molecule has 0 radical (unpaired) electrons. The van der Waals surface area contributed by atoms with Gasteiger partial charge in [0, 0.05) is 0 Å². The van der Waals surface area contributed by atoms with Gasteiger partial charge in [-0.05, 0) is 56.4 Å². The van der Waals surface area contributed by atoms with Crippen molar-refractivity contribution in [3.8, 4) is 0 Å². The SMILES string of the molecule is CCOC(=O)/C(=C/c1ccc(F)cc1)CON=C1CCCCC1. The summed E-state index contributed by atoms with van der Waals surface area (Å²) in [7, 11) is 0. The first-order chi connectivity index (χ1) is 11.2. The van der Waals surface area contributed by atoms with Crippen LogP contribution >= 0.6 is 0 Å². The van der Waals surface area contributed by atoms with Crippen molar-refractivity contribution in [1.82, 2.24) is 0 Å². The summed E-state index contributed by atoms with van der Waals surface area (Å²) in [4.78, 5) is 17.3. The first-order valence-corrected chi connectivity index (χ1v) is 8.00. The minimum Gasteiger partial charge on any atom is -0.463 e. The molecule has 1 aliphatic carbocycles. The minimum absolute atomic E-state index is 0.0414. The van der Waals surface area contributed by atoms with Gasteiger partial charge in [-0.25, -0.2) is 9.18 Å². The maximum atomic E-state index is 13.0. The van der Waals surface area contributed by atoms with Gasteiger partial charge in [0.2, 0.25) is 0 Å². The number of nitrogens with zero attached hydrogens (tertiary/aromatic N) is 1. The van der Waals surface area contributed by atoms with Crippen LogP contribution in [0.15, 0.2) is 35.0 Å². The fourth-order valence-electron chi connectivity index (χ4n) is 2.39. The Hall–Kier alpha value is -2.17. The fourth-order valence-corrected chi connectivity index (χ4v) is 2.39. The molecule has 0 aromatic heterocycles. The third-order valence-corrected chi connectivity index (χ3v) is 3.59. The molecule has 0 amide bonds. The molecule has 1 aliphatic rings. The first-order valence-electron chi connectivity index (χ1n) is 8.00. The van der Waals surface area contributed by atoms with Gasteiger partial charge in [-0.3, -0.25) is 0 Å². The molecule has 0 spiro atoms. The number of hydrogen-bond donors (Lipinski definition) is 0. The third kappa shape index (κ3) is 5.85. The number of carbonyl (C=O) groups is 1. The average Bonchev–Trinajstić information content (AvgIpc) is 2.57. The highest BCUT2D eigenvalue weighted by molar-refractivity contribution is 5.94. The molecule has 124 valence electrons. The van der Waals surface area contributed by atoms with E-state index in [1.54, 1.807) is 25.1 Å². The molecular weight excluding hydrogens is 297 g/mol. The second kappa shape index (κ2) is 9.08. The van der Waals surface area contributed by atoms with E-state index in [0.717, 1.165) is 31.4 Å². The number of ether oxygens (including phenoxy) is 1. The highest BCUT2D eigenvalue weighted by Gasteiger charge is 2.13. The van der Waals surface area contributed by atoms with Crippen molar-refractivity contribution in [3.05, 3.63) is 41.2 Å². The maximum Gasteiger partial charge on any atom is 0.337 e. The van der Waals surface area contributed by atoms with E-state index in [-0.39, 0.29) is 19.0 Å². The van der Waals surface area contributed by atoms with Crippen LogP contribution in [-0.4, -0.2) is 24.9 Å². The summed E-state index contributed by atoms with van der Waals surface area (Å²) in [5.41, 5.74) is 2.11. The van der Waals surface area contributed by atoms with E-state index in [1.165, 1.54) is 18.6 Å². The number of hydrogen-bond acceptors (Lipinski definition) is 4. The van der Waals surface area contributed by atoms with E-state index in [1.807, 2.05) is 0 Å². The summed E-state index contributed by atoms with van der Waals surface area (Å²) >= 11 is 0. The highest BCUT2D eigenvalue weighted by Crippen LogP contribution is 2.15. The number of benzene rings is 1. The molecule has 4 nitrogen and oxygen atoms in total. The lowest BCUT2D eigenvalue weighted by Crippen LogP contribution is -2.12. The van der Waals surface area contributed by atoms with Gasteiger partial charge in [0.05, 0.1) is 17.9 Å². The predicted octanol–water partition coefficient (Wildman–Crippen LogP) is 4.11. The van der Waals surface area contributed by atoms with Gasteiger partial charge < -0.3 is 9.57 Å². The van der Waals surface area contributed by atoms with Crippen LogP contribution in [0.4, 0.5) is 4.39 Å². The summed E-state index contributed by atoms with van der Waals surface area (Å²) in [5, 5.41) is 4.13. The second-order valence-corrected chi connectivity index (χ2v) is 5.43. The molecule has 5 heteroatoms. The summed E-state index contributed by atoms with van der Waals surface area (Å²) in [5.74, 6) is -0.763. The molecule has 1 aromatic rings. The number of rotatable bonds is 6. The molecule has 0 atom stereocenters. The van der Waals surface area contributed by atoms with Gasteiger partial charge in [0.15, 0.2) is 0 Å². The van der Waals surface area contributed by atoms with E-state index in [9.17, 15) is 9.18 Å². The zero-order valence-corrected chi connectivity index (χ0v) is 13.4. The molecule has 0 bridgehead atoms. The third-order valence-electron chi connectivity index (χ3n) is 3.59. The molecule has 1 saturated carbocycles. The zero-order valence-electron chi connectivity index (χ0n) is 13.4. The lowest BCUT2D eigenvalue weighted by molar-refractivity contribution is -0.139. The molecule has 1 aromatic carbocycles. The van der Waals surface area contributed by atoms with Gasteiger partial charge in [-0.1, -0.05) is 23.7 Å². The average molecular weight is 319 g/mol. The molecule has 2 rings (SSSR count). The smallest absolute Gasteiger partial charge is 0.337 e. The molecule has 0 saturated heterocycles.